The third-order valence-electron chi connectivity index (χ3n) is 3.58. The molecule has 8 nitrogen and oxygen atoms in total. The van der Waals surface area contributed by atoms with Crippen LogP contribution in [0.1, 0.15) is 17.6 Å². The summed E-state index contributed by atoms with van der Waals surface area (Å²) in [4.78, 5) is 16.0. The molecule has 0 saturated heterocycles. The standard InChI is InChI=1S/C17H19N5O3/c1-22-11-13(7-21-22)14(23)8-19-17(24)20-10-16-18-9-15(25-16)12-5-3-2-4-6-12/h2-7,9,11,14,23H,8,10H2,1H3,(H2,19,20,24). The fourth-order valence-corrected chi connectivity index (χ4v) is 2.27. The summed E-state index contributed by atoms with van der Waals surface area (Å²) < 4.78 is 7.19. The molecule has 0 aliphatic rings. The van der Waals surface area contributed by atoms with Crippen molar-refractivity contribution in [3.05, 3.63) is 60.4 Å². The van der Waals surface area contributed by atoms with E-state index < -0.39 is 12.1 Å². The van der Waals surface area contributed by atoms with Gasteiger partial charge in [-0.3, -0.25) is 4.68 Å². The monoisotopic (exact) mass is 341 g/mol. The molecule has 0 spiro atoms. The summed E-state index contributed by atoms with van der Waals surface area (Å²) in [7, 11) is 1.76. The van der Waals surface area contributed by atoms with E-state index in [-0.39, 0.29) is 13.1 Å². The normalized spacial score (nSPS) is 11.9. The summed E-state index contributed by atoms with van der Waals surface area (Å²) in [6.45, 7) is 0.236. The molecule has 0 aliphatic heterocycles. The Morgan fingerprint density at radius 2 is 2.08 bits per heavy atom. The van der Waals surface area contributed by atoms with E-state index in [9.17, 15) is 9.90 Å². The Kier molecular flexibility index (Phi) is 5.10. The van der Waals surface area contributed by atoms with Gasteiger partial charge in [0.25, 0.3) is 0 Å². The molecule has 8 heteroatoms. The maximum absolute atomic E-state index is 11.8. The highest BCUT2D eigenvalue weighted by molar-refractivity contribution is 5.73. The van der Waals surface area contributed by atoms with E-state index in [1.54, 1.807) is 30.3 Å². The first-order chi connectivity index (χ1) is 12.1. The van der Waals surface area contributed by atoms with Gasteiger partial charge in [0.2, 0.25) is 5.89 Å². The summed E-state index contributed by atoms with van der Waals surface area (Å²) in [6, 6.07) is 9.18. The van der Waals surface area contributed by atoms with E-state index >= 15 is 0 Å². The van der Waals surface area contributed by atoms with Gasteiger partial charge in [-0.25, -0.2) is 9.78 Å². The van der Waals surface area contributed by atoms with Gasteiger partial charge in [-0.1, -0.05) is 30.3 Å². The number of oxazole rings is 1. The zero-order valence-corrected chi connectivity index (χ0v) is 13.7. The van der Waals surface area contributed by atoms with Crippen molar-refractivity contribution < 1.29 is 14.3 Å². The first-order valence-electron chi connectivity index (χ1n) is 7.80. The molecule has 0 bridgehead atoms. The Morgan fingerprint density at radius 3 is 2.80 bits per heavy atom. The Hall–Kier alpha value is -3.13. The van der Waals surface area contributed by atoms with Crippen LogP contribution in [0.2, 0.25) is 0 Å². The number of aliphatic hydroxyl groups is 1. The summed E-state index contributed by atoms with van der Waals surface area (Å²) in [5.74, 6) is 1.05. The van der Waals surface area contributed by atoms with Crippen LogP contribution in [0.25, 0.3) is 11.3 Å². The van der Waals surface area contributed by atoms with Crippen molar-refractivity contribution in [2.45, 2.75) is 12.6 Å². The number of aryl methyl sites for hydroxylation is 1. The molecular weight excluding hydrogens is 322 g/mol. The van der Waals surface area contributed by atoms with E-state index in [1.165, 1.54) is 0 Å². The van der Waals surface area contributed by atoms with E-state index in [0.717, 1.165) is 5.56 Å². The number of benzene rings is 1. The molecule has 0 saturated carbocycles. The quantitative estimate of drug-likeness (QED) is 0.632. The lowest BCUT2D eigenvalue weighted by atomic mass is 10.2. The highest BCUT2D eigenvalue weighted by Gasteiger charge is 2.12. The van der Waals surface area contributed by atoms with Crippen molar-refractivity contribution in [2.75, 3.05) is 6.54 Å². The number of rotatable bonds is 6. The molecule has 1 atom stereocenters. The summed E-state index contributed by atoms with van der Waals surface area (Å²) in [5.41, 5.74) is 1.56. The smallest absolute Gasteiger partial charge is 0.315 e. The number of aromatic nitrogens is 3. The zero-order chi connectivity index (χ0) is 17.6. The Morgan fingerprint density at radius 1 is 1.28 bits per heavy atom. The molecule has 2 heterocycles. The predicted octanol–water partition coefficient (Wildman–Crippen LogP) is 1.61. The maximum Gasteiger partial charge on any atom is 0.315 e. The van der Waals surface area contributed by atoms with Crippen molar-refractivity contribution >= 4 is 6.03 Å². The van der Waals surface area contributed by atoms with Gasteiger partial charge >= 0.3 is 6.03 Å². The number of carbonyl (C=O) groups is 1. The number of aliphatic hydroxyl groups excluding tert-OH is 1. The van der Waals surface area contributed by atoms with Gasteiger partial charge in [-0.05, 0) is 0 Å². The fraction of sp³-hybridized carbons (Fsp3) is 0.235. The third-order valence-corrected chi connectivity index (χ3v) is 3.58. The molecule has 1 aromatic carbocycles. The van der Waals surface area contributed by atoms with Crippen molar-refractivity contribution in [1.29, 1.82) is 0 Å². The van der Waals surface area contributed by atoms with Gasteiger partial charge in [-0.2, -0.15) is 5.10 Å². The van der Waals surface area contributed by atoms with Crippen LogP contribution < -0.4 is 10.6 Å². The number of amides is 2. The van der Waals surface area contributed by atoms with E-state index in [2.05, 4.69) is 20.7 Å². The van der Waals surface area contributed by atoms with Gasteiger partial charge in [0.1, 0.15) is 0 Å². The van der Waals surface area contributed by atoms with Crippen LogP contribution in [-0.4, -0.2) is 32.4 Å². The Bertz CT molecular complexity index is 828. The highest BCUT2D eigenvalue weighted by atomic mass is 16.4. The number of carbonyl (C=O) groups excluding carboxylic acids is 1. The molecule has 130 valence electrons. The van der Waals surface area contributed by atoms with Crippen LogP contribution in [0.5, 0.6) is 0 Å². The molecular formula is C17H19N5O3. The fourth-order valence-electron chi connectivity index (χ4n) is 2.27. The van der Waals surface area contributed by atoms with E-state index in [4.69, 9.17) is 4.42 Å². The molecule has 1 unspecified atom stereocenters. The number of hydrogen-bond acceptors (Lipinski definition) is 5. The topological polar surface area (TPSA) is 105 Å². The van der Waals surface area contributed by atoms with Crippen LogP contribution in [0.15, 0.2) is 53.3 Å². The molecule has 0 aliphatic carbocycles. The number of nitrogens with one attached hydrogen (secondary N) is 2. The van der Waals surface area contributed by atoms with Gasteiger partial charge in [0.05, 0.1) is 25.0 Å². The van der Waals surface area contributed by atoms with Crippen molar-refractivity contribution in [3.63, 3.8) is 0 Å². The molecule has 3 rings (SSSR count). The minimum absolute atomic E-state index is 0.0817. The zero-order valence-electron chi connectivity index (χ0n) is 13.7. The van der Waals surface area contributed by atoms with E-state index in [1.807, 2.05) is 30.3 Å². The predicted molar refractivity (Wildman–Crippen MR) is 90.3 cm³/mol. The number of nitrogens with zero attached hydrogens (tertiary/aromatic N) is 3. The first kappa shape index (κ1) is 16.7. The second-order valence-electron chi connectivity index (χ2n) is 5.51. The molecule has 0 fully saturated rings. The van der Waals surface area contributed by atoms with E-state index in [0.29, 0.717) is 17.2 Å². The Labute approximate surface area is 144 Å². The van der Waals surface area contributed by atoms with Crippen molar-refractivity contribution in [3.8, 4) is 11.3 Å². The van der Waals surface area contributed by atoms with Gasteiger partial charge in [0.15, 0.2) is 5.76 Å². The van der Waals surface area contributed by atoms with Gasteiger partial charge < -0.3 is 20.2 Å². The average Bonchev–Trinajstić information content (AvgIpc) is 3.28. The maximum atomic E-state index is 11.8. The highest BCUT2D eigenvalue weighted by Crippen LogP contribution is 2.19. The molecule has 2 amide bonds. The minimum atomic E-state index is -0.814. The van der Waals surface area contributed by atoms with Crippen LogP contribution in [0.3, 0.4) is 0 Å². The lowest BCUT2D eigenvalue weighted by Crippen LogP contribution is -2.37. The molecule has 25 heavy (non-hydrogen) atoms. The lowest BCUT2D eigenvalue weighted by Gasteiger charge is -2.10. The second kappa shape index (κ2) is 7.63. The minimum Gasteiger partial charge on any atom is -0.439 e. The van der Waals surface area contributed by atoms with Crippen LogP contribution in [0, 0.1) is 0 Å². The lowest BCUT2D eigenvalue weighted by molar-refractivity contribution is 0.173. The Balaban J connectivity index is 1.45. The summed E-state index contributed by atoms with van der Waals surface area (Å²) in [6.07, 6.45) is 4.06. The summed E-state index contributed by atoms with van der Waals surface area (Å²) >= 11 is 0. The average molecular weight is 341 g/mol. The number of hydrogen-bond donors (Lipinski definition) is 3. The largest absolute Gasteiger partial charge is 0.439 e. The van der Waals surface area contributed by atoms with Crippen LogP contribution in [-0.2, 0) is 13.6 Å². The molecule has 3 aromatic rings. The third kappa shape index (κ3) is 4.45. The van der Waals surface area contributed by atoms with Gasteiger partial charge in [0, 0.05) is 30.9 Å². The first-order valence-corrected chi connectivity index (χ1v) is 7.80. The van der Waals surface area contributed by atoms with Crippen molar-refractivity contribution in [1.82, 2.24) is 25.4 Å². The molecule has 0 radical (unpaired) electrons. The number of urea groups is 1. The second-order valence-corrected chi connectivity index (χ2v) is 5.51. The van der Waals surface area contributed by atoms with Crippen LogP contribution >= 0.6 is 0 Å². The molecule has 3 N–H and O–H groups in total. The van der Waals surface area contributed by atoms with Crippen LogP contribution in [0.4, 0.5) is 4.79 Å². The van der Waals surface area contributed by atoms with Gasteiger partial charge in [-0.15, -0.1) is 0 Å². The van der Waals surface area contributed by atoms with Crippen molar-refractivity contribution in [2.24, 2.45) is 7.05 Å². The summed E-state index contributed by atoms with van der Waals surface area (Å²) in [5, 5.41) is 19.2. The SMILES string of the molecule is Cn1cc(C(O)CNC(=O)NCc2ncc(-c3ccccc3)o2)cn1. The molecule has 2 aromatic heterocycles.